The van der Waals surface area contributed by atoms with Crippen molar-refractivity contribution in [1.82, 2.24) is 4.90 Å². The van der Waals surface area contributed by atoms with E-state index in [9.17, 15) is 0 Å². The molecule has 0 radical (unpaired) electrons. The lowest BCUT2D eigenvalue weighted by Crippen LogP contribution is -2.54. The van der Waals surface area contributed by atoms with Crippen LogP contribution in [0.2, 0.25) is 0 Å². The van der Waals surface area contributed by atoms with Gasteiger partial charge in [0, 0.05) is 32.8 Å². The average Bonchev–Trinajstić information content (AvgIpc) is 2.01. The zero-order valence-electron chi connectivity index (χ0n) is 8.41. The quantitative estimate of drug-likeness (QED) is 0.689. The lowest BCUT2D eigenvalue weighted by molar-refractivity contribution is -0.0288. The summed E-state index contributed by atoms with van der Waals surface area (Å²) in [5.74, 6) is 0.874. The minimum absolute atomic E-state index is 0.544. The summed E-state index contributed by atoms with van der Waals surface area (Å²) in [6, 6.07) is 0.682. The van der Waals surface area contributed by atoms with Gasteiger partial charge in [-0.25, -0.2) is 0 Å². The third-order valence-electron chi connectivity index (χ3n) is 3.56. The molecule has 13 heavy (non-hydrogen) atoms. The number of rotatable bonds is 4. The van der Waals surface area contributed by atoms with Crippen molar-refractivity contribution in [3.63, 3.8) is 0 Å². The maximum absolute atomic E-state index is 5.65. The molecule has 2 N–H and O–H groups in total. The van der Waals surface area contributed by atoms with Gasteiger partial charge in [0.25, 0.3) is 0 Å². The van der Waals surface area contributed by atoms with Gasteiger partial charge >= 0.3 is 0 Å². The molecule has 0 aromatic rings. The summed E-state index contributed by atoms with van der Waals surface area (Å²) >= 11 is 0. The van der Waals surface area contributed by atoms with Gasteiger partial charge in [-0.15, -0.1) is 0 Å². The van der Waals surface area contributed by atoms with E-state index >= 15 is 0 Å². The lowest BCUT2D eigenvalue weighted by atomic mass is 9.81. The van der Waals surface area contributed by atoms with Gasteiger partial charge < -0.3 is 10.5 Å². The Hall–Kier alpha value is -0.120. The van der Waals surface area contributed by atoms with Crippen LogP contribution in [0.5, 0.6) is 0 Å². The molecule has 1 unspecified atom stereocenters. The van der Waals surface area contributed by atoms with Gasteiger partial charge in [0.15, 0.2) is 0 Å². The van der Waals surface area contributed by atoms with E-state index in [1.165, 1.54) is 32.4 Å². The molecule has 1 heterocycles. The summed E-state index contributed by atoms with van der Waals surface area (Å²) in [6.07, 6.45) is 4.36. The van der Waals surface area contributed by atoms with E-state index in [1.54, 1.807) is 0 Å². The van der Waals surface area contributed by atoms with Crippen LogP contribution in [0, 0.1) is 5.92 Å². The van der Waals surface area contributed by atoms with E-state index in [1.807, 2.05) is 7.11 Å². The highest BCUT2D eigenvalue weighted by Crippen LogP contribution is 2.32. The minimum Gasteiger partial charge on any atom is -0.381 e. The van der Waals surface area contributed by atoms with Crippen LogP contribution in [-0.4, -0.2) is 43.8 Å². The minimum atomic E-state index is 0.544. The van der Waals surface area contributed by atoms with Gasteiger partial charge in [0.1, 0.15) is 0 Å². The number of methoxy groups -OCH3 is 1. The van der Waals surface area contributed by atoms with E-state index in [-0.39, 0.29) is 0 Å². The molecule has 2 rings (SSSR count). The smallest absolute Gasteiger partial charge is 0.0577 e. The second-order valence-corrected chi connectivity index (χ2v) is 4.37. The van der Waals surface area contributed by atoms with Crippen LogP contribution in [0.4, 0.5) is 0 Å². The van der Waals surface area contributed by atoms with Gasteiger partial charge in [-0.3, -0.25) is 4.90 Å². The molecular weight excluding hydrogens is 164 g/mol. The van der Waals surface area contributed by atoms with Crippen molar-refractivity contribution in [1.29, 1.82) is 0 Å². The van der Waals surface area contributed by atoms with Crippen molar-refractivity contribution in [2.75, 3.05) is 26.7 Å². The van der Waals surface area contributed by atoms with Crippen molar-refractivity contribution in [3.05, 3.63) is 0 Å². The average molecular weight is 184 g/mol. The number of likely N-dealkylation sites (tertiary alicyclic amines) is 1. The molecule has 3 nitrogen and oxygen atoms in total. The van der Waals surface area contributed by atoms with Crippen molar-refractivity contribution in [3.8, 4) is 0 Å². The molecule has 3 heteroatoms. The predicted molar refractivity (Wildman–Crippen MR) is 52.6 cm³/mol. The largest absolute Gasteiger partial charge is 0.381 e. The highest BCUT2D eigenvalue weighted by Gasteiger charge is 2.34. The maximum Gasteiger partial charge on any atom is 0.0577 e. The van der Waals surface area contributed by atoms with Gasteiger partial charge in [-0.2, -0.15) is 0 Å². The normalized spacial score (nSPS) is 39.7. The molecule has 0 aromatic carbocycles. The molecular formula is C10H20N2O. The van der Waals surface area contributed by atoms with Crippen molar-refractivity contribution >= 4 is 0 Å². The summed E-state index contributed by atoms with van der Waals surface area (Å²) in [5.41, 5.74) is 5.65. The highest BCUT2D eigenvalue weighted by atomic mass is 16.5. The Balaban J connectivity index is 1.63. The van der Waals surface area contributed by atoms with Gasteiger partial charge in [0.05, 0.1) is 6.10 Å². The summed E-state index contributed by atoms with van der Waals surface area (Å²) in [4.78, 5) is 2.52. The molecule has 0 amide bonds. The third kappa shape index (κ3) is 1.87. The number of nitrogens with zero attached hydrogens (tertiary/aromatic N) is 1. The summed E-state index contributed by atoms with van der Waals surface area (Å²) in [7, 11) is 1.81. The predicted octanol–water partition coefficient (Wildman–Crippen LogP) is 0.444. The Morgan fingerprint density at radius 2 is 2.23 bits per heavy atom. The topological polar surface area (TPSA) is 38.5 Å². The number of ether oxygens (including phenoxy) is 1. The molecule has 2 fully saturated rings. The molecule has 1 saturated heterocycles. The molecule has 0 aromatic heterocycles. The Morgan fingerprint density at radius 3 is 2.69 bits per heavy atom. The van der Waals surface area contributed by atoms with Crippen LogP contribution < -0.4 is 5.73 Å². The van der Waals surface area contributed by atoms with E-state index in [2.05, 4.69) is 4.90 Å². The highest BCUT2D eigenvalue weighted by molar-refractivity contribution is 4.89. The van der Waals surface area contributed by atoms with Gasteiger partial charge in [0.2, 0.25) is 0 Å². The van der Waals surface area contributed by atoms with Crippen LogP contribution in [0.25, 0.3) is 0 Å². The Bertz CT molecular complexity index is 166. The molecule has 1 aliphatic carbocycles. The molecule has 1 atom stereocenters. The fourth-order valence-corrected chi connectivity index (χ4v) is 2.35. The molecule has 1 saturated carbocycles. The van der Waals surface area contributed by atoms with Crippen LogP contribution in [0.15, 0.2) is 0 Å². The molecule has 1 aliphatic heterocycles. The Kier molecular flexibility index (Phi) is 2.86. The summed E-state index contributed by atoms with van der Waals surface area (Å²) in [5, 5.41) is 0. The molecule has 76 valence electrons. The van der Waals surface area contributed by atoms with E-state index in [0.29, 0.717) is 12.1 Å². The van der Waals surface area contributed by atoms with Crippen LogP contribution >= 0.6 is 0 Å². The first-order valence-corrected chi connectivity index (χ1v) is 5.30. The first-order valence-electron chi connectivity index (χ1n) is 5.30. The Morgan fingerprint density at radius 1 is 1.46 bits per heavy atom. The second kappa shape index (κ2) is 3.95. The number of nitrogens with two attached hydrogens (primary N) is 1. The molecule has 0 bridgehead atoms. The number of hydrogen-bond acceptors (Lipinski definition) is 3. The first kappa shape index (κ1) is 9.44. The van der Waals surface area contributed by atoms with Crippen molar-refractivity contribution < 1.29 is 4.74 Å². The fraction of sp³-hybridized carbons (Fsp3) is 1.00. The fourth-order valence-electron chi connectivity index (χ4n) is 2.35. The zero-order valence-corrected chi connectivity index (χ0v) is 8.41. The van der Waals surface area contributed by atoms with E-state index in [4.69, 9.17) is 10.5 Å². The van der Waals surface area contributed by atoms with Gasteiger partial charge in [-0.05, 0) is 25.2 Å². The zero-order chi connectivity index (χ0) is 9.26. The second-order valence-electron chi connectivity index (χ2n) is 4.37. The van der Waals surface area contributed by atoms with Crippen LogP contribution in [0.3, 0.4) is 0 Å². The monoisotopic (exact) mass is 184 g/mol. The SMILES string of the molecule is COC1CC(CN2CCC2CN)C1. The lowest BCUT2D eigenvalue weighted by Gasteiger charge is -2.45. The Labute approximate surface area is 80.2 Å². The molecule has 0 spiro atoms. The summed E-state index contributed by atoms with van der Waals surface area (Å²) < 4.78 is 5.26. The third-order valence-corrected chi connectivity index (χ3v) is 3.56. The summed E-state index contributed by atoms with van der Waals surface area (Å²) in [6.45, 7) is 3.35. The van der Waals surface area contributed by atoms with Gasteiger partial charge in [-0.1, -0.05) is 0 Å². The van der Waals surface area contributed by atoms with Crippen molar-refractivity contribution in [2.45, 2.75) is 31.4 Å². The van der Waals surface area contributed by atoms with Crippen LogP contribution in [0.1, 0.15) is 19.3 Å². The van der Waals surface area contributed by atoms with Crippen LogP contribution in [-0.2, 0) is 4.74 Å². The van der Waals surface area contributed by atoms with Crippen molar-refractivity contribution in [2.24, 2.45) is 11.7 Å². The standard InChI is InChI=1S/C10H20N2O/c1-13-10-4-8(5-10)7-12-3-2-9(12)6-11/h8-10H,2-7,11H2,1H3. The van der Waals surface area contributed by atoms with E-state index < -0.39 is 0 Å². The number of hydrogen-bond donors (Lipinski definition) is 1. The van der Waals surface area contributed by atoms with E-state index in [0.717, 1.165) is 12.5 Å². The maximum atomic E-state index is 5.65. The first-order chi connectivity index (χ1) is 6.33. The molecule has 2 aliphatic rings.